The summed E-state index contributed by atoms with van der Waals surface area (Å²) in [5.41, 5.74) is 0.216. The Balaban J connectivity index is 2.45. The van der Waals surface area contributed by atoms with E-state index in [9.17, 15) is 13.2 Å². The van der Waals surface area contributed by atoms with Crippen molar-refractivity contribution >= 4 is 27.0 Å². The largest absolute Gasteiger partial charge is 0.480 e. The first-order chi connectivity index (χ1) is 9.33. The Labute approximate surface area is 116 Å². The Hall–Kier alpha value is -1.86. The zero-order chi connectivity index (χ0) is 14.9. The zero-order valence-corrected chi connectivity index (χ0v) is 11.8. The molecule has 0 bridgehead atoms. The molecule has 0 aliphatic heterocycles. The number of furan rings is 1. The molecule has 1 atom stereocenters. The van der Waals surface area contributed by atoms with Crippen LogP contribution < -0.4 is 4.72 Å². The van der Waals surface area contributed by atoms with E-state index >= 15 is 0 Å². The topological polar surface area (TPSA) is 96.6 Å². The Kier molecular flexibility index (Phi) is 3.82. The maximum atomic E-state index is 12.3. The minimum atomic E-state index is -3.97. The summed E-state index contributed by atoms with van der Waals surface area (Å²) in [5.74, 6) is -1.59. The van der Waals surface area contributed by atoms with Gasteiger partial charge in [-0.2, -0.15) is 4.72 Å². The van der Waals surface area contributed by atoms with Gasteiger partial charge in [0.15, 0.2) is 5.58 Å². The molecule has 0 fully saturated rings. The van der Waals surface area contributed by atoms with Crippen molar-refractivity contribution in [2.75, 3.05) is 0 Å². The van der Waals surface area contributed by atoms with Crippen LogP contribution in [0.15, 0.2) is 39.8 Å². The first-order valence-electron chi connectivity index (χ1n) is 6.04. The SMILES string of the molecule is CC(C)[C@@H](NS(=O)(=O)c1cccc2ccoc12)C(=O)O. The van der Waals surface area contributed by atoms with Crippen LogP contribution in [0.2, 0.25) is 0 Å². The number of carboxylic acid groups (broad SMARTS) is 1. The van der Waals surface area contributed by atoms with Gasteiger partial charge in [0.25, 0.3) is 0 Å². The van der Waals surface area contributed by atoms with Crippen LogP contribution in [0.3, 0.4) is 0 Å². The number of rotatable bonds is 5. The van der Waals surface area contributed by atoms with Crippen molar-refractivity contribution in [1.82, 2.24) is 4.72 Å². The van der Waals surface area contributed by atoms with Gasteiger partial charge < -0.3 is 9.52 Å². The van der Waals surface area contributed by atoms with Gasteiger partial charge in [-0.1, -0.05) is 26.0 Å². The molecule has 1 aromatic carbocycles. The summed E-state index contributed by atoms with van der Waals surface area (Å²) in [6.45, 7) is 3.27. The Bertz CT molecular complexity index is 732. The lowest BCUT2D eigenvalue weighted by Crippen LogP contribution is -2.44. The van der Waals surface area contributed by atoms with E-state index in [-0.39, 0.29) is 16.4 Å². The number of aliphatic carboxylic acids is 1. The van der Waals surface area contributed by atoms with Crippen LogP contribution in [0.4, 0.5) is 0 Å². The van der Waals surface area contributed by atoms with E-state index in [4.69, 9.17) is 9.52 Å². The third kappa shape index (κ3) is 2.68. The van der Waals surface area contributed by atoms with Crippen LogP contribution in [0.25, 0.3) is 11.0 Å². The van der Waals surface area contributed by atoms with Crippen molar-refractivity contribution in [2.24, 2.45) is 5.92 Å². The highest BCUT2D eigenvalue weighted by atomic mass is 32.2. The minimum absolute atomic E-state index is 0.0631. The lowest BCUT2D eigenvalue weighted by Gasteiger charge is -2.17. The average Bonchev–Trinajstić information content (AvgIpc) is 2.83. The fourth-order valence-electron chi connectivity index (χ4n) is 1.88. The molecule has 0 saturated carbocycles. The Morgan fingerprint density at radius 3 is 2.60 bits per heavy atom. The first-order valence-corrected chi connectivity index (χ1v) is 7.52. The molecule has 1 heterocycles. The quantitative estimate of drug-likeness (QED) is 0.877. The molecule has 0 amide bonds. The molecule has 108 valence electrons. The first kappa shape index (κ1) is 14.5. The minimum Gasteiger partial charge on any atom is -0.480 e. The van der Waals surface area contributed by atoms with E-state index in [2.05, 4.69) is 4.72 Å². The summed E-state index contributed by atoms with van der Waals surface area (Å²) in [6, 6.07) is 5.14. The number of para-hydroxylation sites is 1. The molecule has 0 aliphatic carbocycles. The van der Waals surface area contributed by atoms with Crippen molar-refractivity contribution in [2.45, 2.75) is 24.8 Å². The Morgan fingerprint density at radius 2 is 2.00 bits per heavy atom. The molecular weight excluding hydrogens is 282 g/mol. The number of sulfonamides is 1. The van der Waals surface area contributed by atoms with Gasteiger partial charge in [-0.25, -0.2) is 8.42 Å². The predicted molar refractivity (Wildman–Crippen MR) is 72.8 cm³/mol. The van der Waals surface area contributed by atoms with Crippen molar-refractivity contribution in [3.8, 4) is 0 Å². The van der Waals surface area contributed by atoms with Crippen molar-refractivity contribution in [1.29, 1.82) is 0 Å². The van der Waals surface area contributed by atoms with E-state index in [0.717, 1.165) is 0 Å². The van der Waals surface area contributed by atoms with E-state index < -0.39 is 22.0 Å². The average molecular weight is 297 g/mol. The van der Waals surface area contributed by atoms with Crippen LogP contribution in [-0.2, 0) is 14.8 Å². The predicted octanol–water partition coefficient (Wildman–Crippen LogP) is 1.82. The summed E-state index contributed by atoms with van der Waals surface area (Å²) in [5, 5.41) is 9.72. The van der Waals surface area contributed by atoms with Crippen molar-refractivity contribution in [3.63, 3.8) is 0 Å². The van der Waals surface area contributed by atoms with Gasteiger partial charge in [-0.15, -0.1) is 0 Å². The second-order valence-electron chi connectivity index (χ2n) is 4.78. The van der Waals surface area contributed by atoms with Gasteiger partial charge >= 0.3 is 5.97 Å². The summed E-state index contributed by atoms with van der Waals surface area (Å²) < 4.78 is 32.0. The molecule has 7 heteroatoms. The highest BCUT2D eigenvalue weighted by molar-refractivity contribution is 7.89. The number of nitrogens with one attached hydrogen (secondary N) is 1. The summed E-state index contributed by atoms with van der Waals surface area (Å²) in [4.78, 5) is 11.1. The standard InChI is InChI=1S/C13H15NO5S/c1-8(2)11(13(15)16)14-20(17,18)10-5-3-4-9-6-7-19-12(9)10/h3-8,11,14H,1-2H3,(H,15,16)/t11-/m1/s1. The molecule has 2 aromatic rings. The number of benzene rings is 1. The van der Waals surface area contributed by atoms with Gasteiger partial charge in [0.05, 0.1) is 6.26 Å². The third-order valence-corrected chi connectivity index (χ3v) is 4.41. The number of hydrogen-bond acceptors (Lipinski definition) is 4. The fraction of sp³-hybridized carbons (Fsp3) is 0.308. The highest BCUT2D eigenvalue weighted by Gasteiger charge is 2.29. The number of carbonyl (C=O) groups is 1. The number of carboxylic acids is 1. The van der Waals surface area contributed by atoms with Gasteiger partial charge in [0.2, 0.25) is 10.0 Å². The van der Waals surface area contributed by atoms with Crippen LogP contribution >= 0.6 is 0 Å². The lowest BCUT2D eigenvalue weighted by molar-refractivity contribution is -0.140. The van der Waals surface area contributed by atoms with Crippen LogP contribution in [0, 0.1) is 5.92 Å². The van der Waals surface area contributed by atoms with Gasteiger partial charge in [0.1, 0.15) is 10.9 Å². The van der Waals surface area contributed by atoms with E-state index in [1.807, 2.05) is 0 Å². The highest BCUT2D eigenvalue weighted by Crippen LogP contribution is 2.24. The maximum absolute atomic E-state index is 12.3. The molecule has 2 N–H and O–H groups in total. The smallest absolute Gasteiger partial charge is 0.322 e. The maximum Gasteiger partial charge on any atom is 0.322 e. The molecule has 2 rings (SSSR count). The molecule has 6 nitrogen and oxygen atoms in total. The number of hydrogen-bond donors (Lipinski definition) is 2. The summed E-state index contributed by atoms with van der Waals surface area (Å²) >= 11 is 0. The molecule has 0 unspecified atom stereocenters. The molecule has 0 saturated heterocycles. The van der Waals surface area contributed by atoms with Gasteiger partial charge in [-0.3, -0.25) is 4.79 Å². The number of fused-ring (bicyclic) bond motifs is 1. The van der Waals surface area contributed by atoms with E-state index in [1.165, 1.54) is 12.3 Å². The fourth-order valence-corrected chi connectivity index (χ4v) is 3.38. The second-order valence-corrected chi connectivity index (χ2v) is 6.46. The van der Waals surface area contributed by atoms with Crippen LogP contribution in [0.5, 0.6) is 0 Å². The lowest BCUT2D eigenvalue weighted by atomic mass is 10.1. The molecule has 0 aliphatic rings. The van der Waals surface area contributed by atoms with Gasteiger partial charge in [-0.05, 0) is 18.1 Å². The van der Waals surface area contributed by atoms with Crippen molar-refractivity contribution < 1.29 is 22.7 Å². The van der Waals surface area contributed by atoms with E-state index in [0.29, 0.717) is 5.39 Å². The van der Waals surface area contributed by atoms with Gasteiger partial charge in [0, 0.05) is 5.39 Å². The van der Waals surface area contributed by atoms with Crippen LogP contribution in [-0.4, -0.2) is 25.5 Å². The molecular formula is C13H15NO5S. The third-order valence-electron chi connectivity index (χ3n) is 2.95. The summed E-state index contributed by atoms with van der Waals surface area (Å²) in [6.07, 6.45) is 1.39. The van der Waals surface area contributed by atoms with Crippen molar-refractivity contribution in [3.05, 3.63) is 30.5 Å². The second kappa shape index (κ2) is 5.26. The Morgan fingerprint density at radius 1 is 1.30 bits per heavy atom. The van der Waals surface area contributed by atoms with E-state index in [1.54, 1.807) is 32.0 Å². The van der Waals surface area contributed by atoms with Crippen LogP contribution in [0.1, 0.15) is 13.8 Å². The molecule has 1 aromatic heterocycles. The monoisotopic (exact) mass is 297 g/mol. The molecule has 20 heavy (non-hydrogen) atoms. The summed E-state index contributed by atoms with van der Waals surface area (Å²) in [7, 11) is -3.97. The normalized spacial score (nSPS) is 13.8. The molecule has 0 spiro atoms. The zero-order valence-electron chi connectivity index (χ0n) is 11.0. The molecule has 0 radical (unpaired) electrons.